The van der Waals surface area contributed by atoms with Crippen LogP contribution in [0.1, 0.15) is 6.42 Å². The highest BCUT2D eigenvalue weighted by atomic mass is 79.9. The summed E-state index contributed by atoms with van der Waals surface area (Å²) in [5.41, 5.74) is 1.90. The van der Waals surface area contributed by atoms with Gasteiger partial charge in [-0.05, 0) is 18.2 Å². The number of amides is 1. The molecule has 1 amide bonds. The van der Waals surface area contributed by atoms with Crippen LogP contribution >= 0.6 is 31.9 Å². The number of benzene rings is 1. The SMILES string of the molecule is CNc1ccc(Br)cc1N1CC(Br)CC1=O. The van der Waals surface area contributed by atoms with Crippen LogP contribution < -0.4 is 10.2 Å². The molecule has 3 nitrogen and oxygen atoms in total. The first kappa shape index (κ1) is 11.9. The predicted octanol–water partition coefficient (Wildman–Crippen LogP) is 2.99. The van der Waals surface area contributed by atoms with E-state index in [0.29, 0.717) is 6.42 Å². The van der Waals surface area contributed by atoms with Crippen molar-refractivity contribution in [3.63, 3.8) is 0 Å². The summed E-state index contributed by atoms with van der Waals surface area (Å²) in [5.74, 6) is 0.163. The molecule has 2 rings (SSSR count). The Hall–Kier alpha value is -0.550. The summed E-state index contributed by atoms with van der Waals surface area (Å²) in [4.78, 5) is 13.9. The molecule has 1 fully saturated rings. The summed E-state index contributed by atoms with van der Waals surface area (Å²) in [6.45, 7) is 0.726. The van der Waals surface area contributed by atoms with Crippen molar-refractivity contribution >= 4 is 49.1 Å². The Kier molecular flexibility index (Phi) is 3.54. The molecule has 1 aromatic carbocycles. The van der Waals surface area contributed by atoms with Gasteiger partial charge < -0.3 is 10.2 Å². The third-order valence-corrected chi connectivity index (χ3v) is 3.70. The summed E-state index contributed by atoms with van der Waals surface area (Å²) in [6, 6.07) is 5.89. The summed E-state index contributed by atoms with van der Waals surface area (Å²) < 4.78 is 0.979. The minimum absolute atomic E-state index is 0.163. The van der Waals surface area contributed by atoms with Gasteiger partial charge in [0.2, 0.25) is 5.91 Å². The van der Waals surface area contributed by atoms with Gasteiger partial charge in [0.05, 0.1) is 11.4 Å². The van der Waals surface area contributed by atoms with Gasteiger partial charge in [-0.2, -0.15) is 0 Å². The molecule has 1 unspecified atom stereocenters. The van der Waals surface area contributed by atoms with E-state index in [1.807, 2.05) is 30.1 Å². The minimum Gasteiger partial charge on any atom is -0.386 e. The lowest BCUT2D eigenvalue weighted by Gasteiger charge is -2.20. The molecule has 0 aromatic heterocycles. The van der Waals surface area contributed by atoms with Gasteiger partial charge >= 0.3 is 0 Å². The molecule has 0 saturated carbocycles. The summed E-state index contributed by atoms with van der Waals surface area (Å²) >= 11 is 6.92. The smallest absolute Gasteiger partial charge is 0.228 e. The van der Waals surface area contributed by atoms with E-state index in [1.54, 1.807) is 0 Å². The number of hydrogen-bond acceptors (Lipinski definition) is 2. The van der Waals surface area contributed by atoms with Gasteiger partial charge in [0.15, 0.2) is 0 Å². The Morgan fingerprint density at radius 3 is 2.81 bits per heavy atom. The second kappa shape index (κ2) is 4.75. The van der Waals surface area contributed by atoms with Crippen molar-refractivity contribution in [2.24, 2.45) is 0 Å². The van der Waals surface area contributed by atoms with Crippen LogP contribution in [-0.2, 0) is 4.79 Å². The van der Waals surface area contributed by atoms with Gasteiger partial charge in [0.25, 0.3) is 0 Å². The lowest BCUT2D eigenvalue weighted by molar-refractivity contribution is -0.117. The maximum atomic E-state index is 11.8. The third kappa shape index (κ3) is 2.25. The van der Waals surface area contributed by atoms with E-state index >= 15 is 0 Å². The van der Waals surface area contributed by atoms with Gasteiger partial charge in [-0.1, -0.05) is 31.9 Å². The van der Waals surface area contributed by atoms with Crippen LogP contribution in [0, 0.1) is 0 Å². The van der Waals surface area contributed by atoms with E-state index in [1.165, 1.54) is 0 Å². The highest BCUT2D eigenvalue weighted by molar-refractivity contribution is 9.10. The molecule has 0 spiro atoms. The highest BCUT2D eigenvalue weighted by Gasteiger charge is 2.30. The Balaban J connectivity index is 2.39. The highest BCUT2D eigenvalue weighted by Crippen LogP contribution is 2.33. The van der Waals surface area contributed by atoms with E-state index in [0.717, 1.165) is 22.4 Å². The number of anilines is 2. The predicted molar refractivity (Wildman–Crippen MR) is 73.4 cm³/mol. The maximum absolute atomic E-state index is 11.8. The summed E-state index contributed by atoms with van der Waals surface area (Å²) in [6.07, 6.45) is 0.565. The second-order valence-corrected chi connectivity index (χ2v) is 5.93. The van der Waals surface area contributed by atoms with Crippen LogP contribution in [0.2, 0.25) is 0 Å². The second-order valence-electron chi connectivity index (χ2n) is 3.72. The molecule has 5 heteroatoms. The van der Waals surface area contributed by atoms with Gasteiger partial charge in [0, 0.05) is 29.3 Å². The molecule has 1 heterocycles. The van der Waals surface area contributed by atoms with Crippen LogP contribution in [0.25, 0.3) is 0 Å². The van der Waals surface area contributed by atoms with Crippen molar-refractivity contribution < 1.29 is 4.79 Å². The molecule has 0 aliphatic carbocycles. The molecule has 86 valence electrons. The normalized spacial score (nSPS) is 20.3. The number of nitrogens with one attached hydrogen (secondary N) is 1. The van der Waals surface area contributed by atoms with Gasteiger partial charge in [-0.3, -0.25) is 4.79 Å². The molecule has 0 bridgehead atoms. The maximum Gasteiger partial charge on any atom is 0.228 e. The fourth-order valence-corrected chi connectivity index (χ4v) is 2.75. The molecule has 1 atom stereocenters. The van der Waals surface area contributed by atoms with Crippen molar-refractivity contribution in [3.05, 3.63) is 22.7 Å². The molecule has 16 heavy (non-hydrogen) atoms. The summed E-state index contributed by atoms with van der Waals surface area (Å²) in [5, 5.41) is 3.11. The monoisotopic (exact) mass is 346 g/mol. The zero-order chi connectivity index (χ0) is 11.7. The lowest BCUT2D eigenvalue weighted by atomic mass is 10.2. The van der Waals surface area contributed by atoms with Crippen LogP contribution in [-0.4, -0.2) is 24.3 Å². The molecular formula is C11H12Br2N2O. The fourth-order valence-electron chi connectivity index (χ4n) is 1.84. The molecule has 1 saturated heterocycles. The quantitative estimate of drug-likeness (QED) is 0.834. The fraction of sp³-hybridized carbons (Fsp3) is 0.364. The molecule has 1 aliphatic heterocycles. The number of rotatable bonds is 2. The van der Waals surface area contributed by atoms with Gasteiger partial charge in [0.1, 0.15) is 0 Å². The van der Waals surface area contributed by atoms with E-state index in [9.17, 15) is 4.79 Å². The molecule has 1 N–H and O–H groups in total. The first-order valence-corrected chi connectivity index (χ1v) is 6.74. The number of hydrogen-bond donors (Lipinski definition) is 1. The van der Waals surface area contributed by atoms with E-state index < -0.39 is 0 Å². The number of alkyl halides is 1. The third-order valence-electron chi connectivity index (χ3n) is 2.60. The Morgan fingerprint density at radius 2 is 2.25 bits per heavy atom. The Labute approximate surface area is 111 Å². The molecular weight excluding hydrogens is 336 g/mol. The van der Waals surface area contributed by atoms with E-state index in [-0.39, 0.29) is 10.7 Å². The zero-order valence-electron chi connectivity index (χ0n) is 8.84. The number of carbonyl (C=O) groups excluding carboxylic acids is 1. The van der Waals surface area contributed by atoms with E-state index in [2.05, 4.69) is 37.2 Å². The van der Waals surface area contributed by atoms with Gasteiger partial charge in [-0.25, -0.2) is 0 Å². The molecule has 0 radical (unpaired) electrons. The zero-order valence-corrected chi connectivity index (χ0v) is 12.0. The first-order chi connectivity index (χ1) is 7.61. The Bertz CT molecular complexity index is 422. The Morgan fingerprint density at radius 1 is 1.50 bits per heavy atom. The van der Waals surface area contributed by atoms with Crippen LogP contribution in [0.3, 0.4) is 0 Å². The van der Waals surface area contributed by atoms with Crippen molar-refractivity contribution in [1.29, 1.82) is 0 Å². The standard InChI is InChI=1S/C11H12Br2N2O/c1-14-9-3-2-7(12)4-10(9)15-6-8(13)5-11(15)16/h2-4,8,14H,5-6H2,1H3. The van der Waals surface area contributed by atoms with Crippen molar-refractivity contribution in [2.75, 3.05) is 23.8 Å². The van der Waals surface area contributed by atoms with E-state index in [4.69, 9.17) is 0 Å². The lowest BCUT2D eigenvalue weighted by Crippen LogP contribution is -2.25. The summed E-state index contributed by atoms with van der Waals surface area (Å²) in [7, 11) is 1.86. The number of carbonyl (C=O) groups is 1. The van der Waals surface area contributed by atoms with Crippen LogP contribution in [0.4, 0.5) is 11.4 Å². The van der Waals surface area contributed by atoms with Crippen LogP contribution in [0.5, 0.6) is 0 Å². The van der Waals surface area contributed by atoms with Crippen LogP contribution in [0.15, 0.2) is 22.7 Å². The van der Waals surface area contributed by atoms with Crippen molar-refractivity contribution in [2.45, 2.75) is 11.2 Å². The number of nitrogens with zero attached hydrogens (tertiary/aromatic N) is 1. The minimum atomic E-state index is 0.163. The topological polar surface area (TPSA) is 32.3 Å². The number of halogens is 2. The first-order valence-electron chi connectivity index (χ1n) is 5.03. The van der Waals surface area contributed by atoms with Gasteiger partial charge in [-0.15, -0.1) is 0 Å². The van der Waals surface area contributed by atoms with Crippen molar-refractivity contribution in [3.8, 4) is 0 Å². The molecule has 1 aliphatic rings. The largest absolute Gasteiger partial charge is 0.386 e. The molecule has 1 aromatic rings. The average molecular weight is 348 g/mol. The average Bonchev–Trinajstić information content (AvgIpc) is 2.57. The van der Waals surface area contributed by atoms with Crippen molar-refractivity contribution in [1.82, 2.24) is 0 Å².